The van der Waals surface area contributed by atoms with Crippen LogP contribution in [0.25, 0.3) is 11.3 Å². The molecular formula is C45H51Cl2F3N10O10. The van der Waals surface area contributed by atoms with Crippen molar-refractivity contribution in [1.29, 1.82) is 0 Å². The van der Waals surface area contributed by atoms with Crippen LogP contribution >= 0.6 is 23.2 Å². The van der Waals surface area contributed by atoms with E-state index in [0.717, 1.165) is 0 Å². The standard InChI is InChI=1S/C27H35ClFN5O7.C18H16ClF2N5O3/c1-7-39-25(35)18-13-31-34-11-10-21(33-24(18)34)32-16(2)22-20(9-8-19(29)23(22)28)40-17(14-38-15-37-6)12-30-26(36)41-27(3,4)5;1-8-14-15(19)11(20)4-12(21)16(14)29-9(7-27)5-22-18(28)10-6-23-26-3-2-13(24-8)25-17(10)26/h8-11,13,16-17H,7,12,14-15H2,1-6H3,(H,30,36)(H,32,33);2-4,6,8-9,27H,5,7H2,1H3,(H,22,28)(H,24,25)/t16-,17-;8-,9+/m01/s1. The maximum atomic E-state index is 14.6. The monoisotopic (exact) mass is 1020 g/mol. The lowest BCUT2D eigenvalue weighted by atomic mass is 10.1. The van der Waals surface area contributed by atoms with Gasteiger partial charge in [-0.1, -0.05) is 23.2 Å². The number of methoxy groups -OCH3 is 1. The fourth-order valence-electron chi connectivity index (χ4n) is 6.86. The van der Waals surface area contributed by atoms with E-state index in [-0.39, 0.29) is 82.6 Å². The van der Waals surface area contributed by atoms with E-state index in [1.54, 1.807) is 66.1 Å². The van der Waals surface area contributed by atoms with Gasteiger partial charge in [0.2, 0.25) is 0 Å². The number of halogens is 5. The quantitative estimate of drug-likeness (QED) is 0.0317. The van der Waals surface area contributed by atoms with Crippen LogP contribution in [0.15, 0.2) is 55.1 Å². The van der Waals surface area contributed by atoms with Crippen LogP contribution in [-0.2, 0) is 18.9 Å². The van der Waals surface area contributed by atoms with Gasteiger partial charge in [-0.2, -0.15) is 10.2 Å². The number of hydrogen-bond acceptors (Lipinski definition) is 16. The van der Waals surface area contributed by atoms with Crippen LogP contribution in [0.5, 0.6) is 11.5 Å². The van der Waals surface area contributed by atoms with Gasteiger partial charge < -0.3 is 54.8 Å². The van der Waals surface area contributed by atoms with Gasteiger partial charge in [-0.05, 0) is 65.8 Å². The Labute approximate surface area is 409 Å². The first-order valence-electron chi connectivity index (χ1n) is 21.6. The van der Waals surface area contributed by atoms with Gasteiger partial charge in [0.25, 0.3) is 5.91 Å². The maximum Gasteiger partial charge on any atom is 0.407 e. The minimum atomic E-state index is -0.996. The summed E-state index contributed by atoms with van der Waals surface area (Å²) in [7, 11) is 1.48. The third-order valence-corrected chi connectivity index (χ3v) is 10.7. The van der Waals surface area contributed by atoms with Crippen LogP contribution in [0.3, 0.4) is 0 Å². The lowest BCUT2D eigenvalue weighted by molar-refractivity contribution is -0.0562. The topological polar surface area (TPSA) is 235 Å². The van der Waals surface area contributed by atoms with Crippen molar-refractivity contribution in [2.24, 2.45) is 0 Å². The number of amides is 2. The van der Waals surface area contributed by atoms with Crippen LogP contribution < -0.4 is 30.7 Å². The number of rotatable bonds is 14. The average molecular weight is 1020 g/mol. The number of hydrogen-bond donors (Lipinski definition) is 5. The van der Waals surface area contributed by atoms with E-state index in [1.807, 2.05) is 0 Å². The Morgan fingerprint density at radius 3 is 2.46 bits per heavy atom. The van der Waals surface area contributed by atoms with Crippen LogP contribution in [0, 0.1) is 17.5 Å². The molecule has 0 saturated heterocycles. The highest BCUT2D eigenvalue weighted by molar-refractivity contribution is 6.32. The first-order chi connectivity index (χ1) is 33.3. The third-order valence-electron chi connectivity index (χ3n) is 9.98. The number of aliphatic hydroxyl groups is 1. The van der Waals surface area contributed by atoms with Crippen molar-refractivity contribution in [3.8, 4) is 11.5 Å². The minimum absolute atomic E-state index is 0.00217. The van der Waals surface area contributed by atoms with Crippen LogP contribution in [0.1, 0.15) is 85.5 Å². The molecule has 5 N–H and O–H groups in total. The van der Waals surface area contributed by atoms with Crippen molar-refractivity contribution in [1.82, 2.24) is 39.8 Å². The van der Waals surface area contributed by atoms with Gasteiger partial charge >= 0.3 is 12.1 Å². The molecule has 0 saturated carbocycles. The normalized spacial score (nSPS) is 15.6. The summed E-state index contributed by atoms with van der Waals surface area (Å²) in [5.41, 5.74) is 0.641. The molecule has 0 fully saturated rings. The van der Waals surface area contributed by atoms with Crippen molar-refractivity contribution in [3.05, 3.63) is 105 Å². The molecule has 2 aromatic carbocycles. The Hall–Kier alpha value is -6.66. The first-order valence-corrected chi connectivity index (χ1v) is 22.4. The molecule has 25 heteroatoms. The number of esters is 1. The molecule has 5 heterocycles. The highest BCUT2D eigenvalue weighted by atomic mass is 35.5. The second-order valence-corrected chi connectivity index (χ2v) is 17.2. The largest absolute Gasteiger partial charge is 0.486 e. The SMILES string of the molecule is CCOC(=O)c1cnn2ccc(N[C@@H](C)c3c(O[C@@H](CNC(=O)OC(C)(C)C)COCOC)ccc(F)c3Cl)nc12.C[C@H]1Nc2ccn3ncc(c3n2)C(=O)NC[C@@H](CO)Oc2c(F)cc(F)c(Cl)c21. The summed E-state index contributed by atoms with van der Waals surface area (Å²) in [6.45, 7) is 9.94. The highest BCUT2D eigenvalue weighted by Gasteiger charge is 2.28. The molecule has 0 aliphatic carbocycles. The van der Waals surface area contributed by atoms with Gasteiger partial charge in [-0.15, -0.1) is 0 Å². The van der Waals surface area contributed by atoms with Gasteiger partial charge in [0.1, 0.15) is 64.7 Å². The van der Waals surface area contributed by atoms with Crippen molar-refractivity contribution in [2.75, 3.05) is 57.4 Å². The molecule has 1 aliphatic rings. The summed E-state index contributed by atoms with van der Waals surface area (Å²) in [4.78, 5) is 45.9. The number of anilines is 2. The molecule has 7 rings (SSSR count). The lowest BCUT2D eigenvalue weighted by Crippen LogP contribution is -2.41. The molecular weight excluding hydrogens is 968 g/mol. The van der Waals surface area contributed by atoms with E-state index < -0.39 is 71.9 Å². The molecule has 1 aliphatic heterocycles. The number of ether oxygens (including phenoxy) is 6. The fraction of sp³-hybridized carbons (Fsp3) is 0.400. The van der Waals surface area contributed by atoms with Gasteiger partial charge in [0, 0.05) is 36.7 Å². The molecule has 2 amide bonds. The summed E-state index contributed by atoms with van der Waals surface area (Å²) in [5, 5.41) is 28.8. The number of aromatic nitrogens is 6. The van der Waals surface area contributed by atoms with Gasteiger partial charge in [0.15, 0.2) is 22.9 Å². The molecule has 0 spiro atoms. The second kappa shape index (κ2) is 23.3. The van der Waals surface area contributed by atoms with Crippen LogP contribution in [-0.4, -0.2) is 117 Å². The highest BCUT2D eigenvalue weighted by Crippen LogP contribution is 2.39. The Bertz CT molecular complexity index is 2830. The summed E-state index contributed by atoms with van der Waals surface area (Å²) in [6.07, 6.45) is 3.61. The Kier molecular flexibility index (Phi) is 17.5. The smallest absolute Gasteiger partial charge is 0.407 e. The Morgan fingerprint density at radius 1 is 1.01 bits per heavy atom. The first kappa shape index (κ1) is 52.7. The molecule has 376 valence electrons. The van der Waals surface area contributed by atoms with Crippen molar-refractivity contribution in [3.63, 3.8) is 0 Å². The molecule has 4 aromatic heterocycles. The number of carbonyl (C=O) groups is 3. The molecule has 0 unspecified atom stereocenters. The number of fused-ring (bicyclic) bond motifs is 3. The zero-order valence-corrected chi connectivity index (χ0v) is 40.5. The van der Waals surface area contributed by atoms with Crippen LogP contribution in [0.2, 0.25) is 10.0 Å². The second-order valence-electron chi connectivity index (χ2n) is 16.4. The molecule has 70 heavy (non-hydrogen) atoms. The molecule has 20 nitrogen and oxygen atoms in total. The predicted molar refractivity (Wildman–Crippen MR) is 249 cm³/mol. The molecule has 4 atom stereocenters. The molecule has 0 radical (unpaired) electrons. The number of carbonyl (C=O) groups excluding carboxylic acids is 3. The zero-order chi connectivity index (χ0) is 50.9. The third kappa shape index (κ3) is 12.9. The summed E-state index contributed by atoms with van der Waals surface area (Å²) >= 11 is 12.5. The van der Waals surface area contributed by atoms with Gasteiger partial charge in [-0.25, -0.2) is 41.8 Å². The number of nitrogens with zero attached hydrogens (tertiary/aromatic N) is 6. The van der Waals surface area contributed by atoms with Crippen molar-refractivity contribution < 1.29 is 61.1 Å². The lowest BCUT2D eigenvalue weighted by Gasteiger charge is -2.25. The number of benzene rings is 2. The van der Waals surface area contributed by atoms with Crippen molar-refractivity contribution >= 4 is 64.1 Å². The predicted octanol–water partition coefficient (Wildman–Crippen LogP) is 7.08. The Morgan fingerprint density at radius 2 is 1.74 bits per heavy atom. The van der Waals surface area contributed by atoms with E-state index in [1.165, 1.54) is 40.7 Å². The fourth-order valence-corrected chi connectivity index (χ4v) is 7.48. The van der Waals surface area contributed by atoms with E-state index in [4.69, 9.17) is 51.6 Å². The van der Waals surface area contributed by atoms with E-state index >= 15 is 0 Å². The van der Waals surface area contributed by atoms with Gasteiger partial charge in [-0.3, -0.25) is 4.79 Å². The number of aliphatic hydroxyl groups excluding tert-OH is 1. The molecule has 2 bridgehead atoms. The summed E-state index contributed by atoms with van der Waals surface area (Å²) < 4.78 is 78.7. The van der Waals surface area contributed by atoms with Gasteiger partial charge in [0.05, 0.1) is 67.4 Å². The summed E-state index contributed by atoms with van der Waals surface area (Å²) in [5.74, 6) is -2.96. The van der Waals surface area contributed by atoms with E-state index in [0.29, 0.717) is 23.3 Å². The minimum Gasteiger partial charge on any atom is -0.486 e. The molecule has 6 aromatic rings. The van der Waals surface area contributed by atoms with Crippen LogP contribution in [0.4, 0.5) is 29.6 Å². The zero-order valence-electron chi connectivity index (χ0n) is 38.9. The Balaban J connectivity index is 0.000000242. The van der Waals surface area contributed by atoms with E-state index in [9.17, 15) is 32.7 Å². The average Bonchev–Trinajstić information content (AvgIpc) is 3.93. The van der Waals surface area contributed by atoms with E-state index in [2.05, 4.69) is 41.4 Å². The summed E-state index contributed by atoms with van der Waals surface area (Å²) in [6, 6.07) is 5.15. The number of nitrogens with one attached hydrogen (secondary N) is 4. The maximum absolute atomic E-state index is 14.6. The number of alkyl carbamates (subject to hydrolysis) is 1. The van der Waals surface area contributed by atoms with Crippen molar-refractivity contribution in [2.45, 2.75) is 71.4 Å².